The van der Waals surface area contributed by atoms with Crippen LogP contribution in [0.1, 0.15) is 30.6 Å². The molecule has 1 fully saturated rings. The molecule has 1 aliphatic rings. The Bertz CT molecular complexity index is 268. The van der Waals surface area contributed by atoms with Gasteiger partial charge in [0.05, 0.1) is 5.51 Å². The molecule has 1 aromatic rings. The van der Waals surface area contributed by atoms with Gasteiger partial charge < -0.3 is 5.32 Å². The molecule has 0 aliphatic heterocycles. The summed E-state index contributed by atoms with van der Waals surface area (Å²) in [5.74, 6) is 0.728. The molecule has 0 bridgehead atoms. The van der Waals surface area contributed by atoms with Crippen LogP contribution in [-0.2, 0) is 6.54 Å². The van der Waals surface area contributed by atoms with Gasteiger partial charge in [0.2, 0.25) is 0 Å². The van der Waals surface area contributed by atoms with Gasteiger partial charge in [0.25, 0.3) is 0 Å². The first-order valence-corrected chi connectivity index (χ1v) is 6.44. The van der Waals surface area contributed by atoms with E-state index in [9.17, 15) is 0 Å². The van der Waals surface area contributed by atoms with Crippen molar-refractivity contribution in [2.45, 2.75) is 37.8 Å². The van der Waals surface area contributed by atoms with Crippen LogP contribution in [0.25, 0.3) is 0 Å². The fourth-order valence-electron chi connectivity index (χ4n) is 2.01. The van der Waals surface area contributed by atoms with Gasteiger partial charge in [-0.2, -0.15) is 0 Å². The largest absolute Gasteiger partial charge is 0.305 e. The molecule has 78 valence electrons. The predicted octanol–water partition coefficient (Wildman–Crippen LogP) is 2.78. The van der Waals surface area contributed by atoms with Gasteiger partial charge in [-0.1, -0.05) is 12.8 Å². The van der Waals surface area contributed by atoms with Crippen LogP contribution in [0.15, 0.2) is 11.7 Å². The summed E-state index contributed by atoms with van der Waals surface area (Å²) < 4.78 is 0. The standard InChI is InChI=1S/C10H15ClN2S/c11-7-10(3-1-2-4-10)13-6-9-5-12-8-14-9/h5,8,13H,1-4,6-7H2. The van der Waals surface area contributed by atoms with Crippen LogP contribution < -0.4 is 5.32 Å². The van der Waals surface area contributed by atoms with E-state index < -0.39 is 0 Å². The fourth-order valence-corrected chi connectivity index (χ4v) is 2.91. The number of nitrogens with zero attached hydrogens (tertiary/aromatic N) is 1. The molecule has 0 saturated heterocycles. The van der Waals surface area contributed by atoms with Gasteiger partial charge in [-0.05, 0) is 12.8 Å². The van der Waals surface area contributed by atoms with Crippen LogP contribution in [0.3, 0.4) is 0 Å². The maximum atomic E-state index is 6.03. The fraction of sp³-hybridized carbons (Fsp3) is 0.700. The molecule has 0 amide bonds. The minimum absolute atomic E-state index is 0.200. The van der Waals surface area contributed by atoms with Gasteiger partial charge in [0, 0.05) is 29.0 Å². The summed E-state index contributed by atoms with van der Waals surface area (Å²) in [6.45, 7) is 0.914. The van der Waals surface area contributed by atoms with Crippen molar-refractivity contribution < 1.29 is 0 Å². The first-order chi connectivity index (χ1) is 6.85. The Hall–Kier alpha value is -0.120. The number of thiazole rings is 1. The summed E-state index contributed by atoms with van der Waals surface area (Å²) in [4.78, 5) is 5.35. The number of halogens is 1. The SMILES string of the molecule is ClCC1(NCc2cncs2)CCCC1. The van der Waals surface area contributed by atoms with Crippen molar-refractivity contribution >= 4 is 22.9 Å². The first kappa shape index (κ1) is 10.4. The van der Waals surface area contributed by atoms with E-state index in [1.807, 2.05) is 11.7 Å². The Balaban J connectivity index is 1.89. The van der Waals surface area contributed by atoms with Crippen molar-refractivity contribution in [1.82, 2.24) is 10.3 Å². The molecule has 1 heterocycles. The van der Waals surface area contributed by atoms with Crippen LogP contribution in [0, 0.1) is 0 Å². The minimum Gasteiger partial charge on any atom is -0.305 e. The highest BCUT2D eigenvalue weighted by atomic mass is 35.5. The maximum absolute atomic E-state index is 6.03. The van der Waals surface area contributed by atoms with Crippen LogP contribution in [0.4, 0.5) is 0 Å². The molecule has 1 saturated carbocycles. The summed E-state index contributed by atoms with van der Waals surface area (Å²) >= 11 is 7.73. The minimum atomic E-state index is 0.200. The maximum Gasteiger partial charge on any atom is 0.0794 e. The van der Waals surface area contributed by atoms with Crippen molar-refractivity contribution in [3.8, 4) is 0 Å². The lowest BCUT2D eigenvalue weighted by Gasteiger charge is -2.27. The number of alkyl halides is 1. The van der Waals surface area contributed by atoms with Crippen molar-refractivity contribution in [3.05, 3.63) is 16.6 Å². The molecule has 1 aliphatic carbocycles. The highest BCUT2D eigenvalue weighted by molar-refractivity contribution is 7.09. The lowest BCUT2D eigenvalue weighted by molar-refractivity contribution is 0.369. The number of nitrogens with one attached hydrogen (secondary N) is 1. The lowest BCUT2D eigenvalue weighted by atomic mass is 10.0. The van der Waals surface area contributed by atoms with Crippen LogP contribution in [0.2, 0.25) is 0 Å². The van der Waals surface area contributed by atoms with Gasteiger partial charge in [-0.3, -0.25) is 4.98 Å². The number of rotatable bonds is 4. The zero-order valence-electron chi connectivity index (χ0n) is 8.13. The van der Waals surface area contributed by atoms with E-state index in [2.05, 4.69) is 10.3 Å². The number of hydrogen-bond acceptors (Lipinski definition) is 3. The van der Waals surface area contributed by atoms with Crippen LogP contribution in [0.5, 0.6) is 0 Å². The summed E-state index contributed by atoms with van der Waals surface area (Å²) in [6.07, 6.45) is 6.98. The highest BCUT2D eigenvalue weighted by Crippen LogP contribution is 2.31. The highest BCUT2D eigenvalue weighted by Gasteiger charge is 2.32. The van der Waals surface area contributed by atoms with Crippen LogP contribution >= 0.6 is 22.9 Å². The zero-order valence-corrected chi connectivity index (χ0v) is 9.70. The summed E-state index contributed by atoms with van der Waals surface area (Å²) in [6, 6.07) is 0. The van der Waals surface area contributed by atoms with Crippen molar-refractivity contribution in [3.63, 3.8) is 0 Å². The summed E-state index contributed by atoms with van der Waals surface area (Å²) in [5, 5.41) is 3.59. The predicted molar refractivity (Wildman–Crippen MR) is 60.9 cm³/mol. The normalized spacial score (nSPS) is 20.1. The van der Waals surface area contributed by atoms with E-state index in [4.69, 9.17) is 11.6 Å². The first-order valence-electron chi connectivity index (χ1n) is 5.03. The van der Waals surface area contributed by atoms with Crippen molar-refractivity contribution in [2.24, 2.45) is 0 Å². The molecule has 0 aromatic carbocycles. The van der Waals surface area contributed by atoms with Gasteiger partial charge in [0.15, 0.2) is 0 Å². The van der Waals surface area contributed by atoms with Crippen molar-refractivity contribution in [1.29, 1.82) is 0 Å². The Morgan fingerprint density at radius 2 is 2.29 bits per heavy atom. The van der Waals surface area contributed by atoms with Gasteiger partial charge in [-0.25, -0.2) is 0 Å². The Morgan fingerprint density at radius 3 is 2.86 bits per heavy atom. The van der Waals surface area contributed by atoms with Crippen LogP contribution in [-0.4, -0.2) is 16.4 Å². The van der Waals surface area contributed by atoms with E-state index in [1.165, 1.54) is 30.6 Å². The third kappa shape index (κ3) is 2.27. The monoisotopic (exact) mass is 230 g/mol. The molecule has 1 N–H and O–H groups in total. The lowest BCUT2D eigenvalue weighted by Crippen LogP contribution is -2.43. The molecule has 4 heteroatoms. The third-order valence-electron chi connectivity index (χ3n) is 2.94. The average Bonchev–Trinajstić information content (AvgIpc) is 2.87. The molecule has 0 spiro atoms. The van der Waals surface area contributed by atoms with Gasteiger partial charge >= 0.3 is 0 Å². The molecule has 0 radical (unpaired) electrons. The van der Waals surface area contributed by atoms with E-state index in [-0.39, 0.29) is 5.54 Å². The molecule has 0 atom stereocenters. The zero-order chi connectivity index (χ0) is 9.86. The average molecular weight is 231 g/mol. The Morgan fingerprint density at radius 1 is 1.50 bits per heavy atom. The quantitative estimate of drug-likeness (QED) is 0.805. The van der Waals surface area contributed by atoms with Gasteiger partial charge in [-0.15, -0.1) is 22.9 Å². The second kappa shape index (κ2) is 4.60. The second-order valence-electron chi connectivity index (χ2n) is 3.94. The molecular weight excluding hydrogens is 216 g/mol. The molecule has 1 aromatic heterocycles. The second-order valence-corrected chi connectivity index (χ2v) is 5.18. The molecule has 2 rings (SSSR count). The molecule has 2 nitrogen and oxygen atoms in total. The molecule has 14 heavy (non-hydrogen) atoms. The Kier molecular flexibility index (Phi) is 3.42. The smallest absolute Gasteiger partial charge is 0.0794 e. The number of hydrogen-bond donors (Lipinski definition) is 1. The van der Waals surface area contributed by atoms with E-state index in [0.717, 1.165) is 12.4 Å². The third-order valence-corrected chi connectivity index (χ3v) is 4.23. The number of aromatic nitrogens is 1. The van der Waals surface area contributed by atoms with E-state index in [0.29, 0.717) is 0 Å². The molecule has 0 unspecified atom stereocenters. The van der Waals surface area contributed by atoms with Crippen molar-refractivity contribution in [2.75, 3.05) is 5.88 Å². The van der Waals surface area contributed by atoms with E-state index in [1.54, 1.807) is 11.3 Å². The van der Waals surface area contributed by atoms with Gasteiger partial charge in [0.1, 0.15) is 0 Å². The Labute approximate surface area is 93.7 Å². The molecular formula is C10H15ClN2S. The summed E-state index contributed by atoms with van der Waals surface area (Å²) in [7, 11) is 0. The summed E-state index contributed by atoms with van der Waals surface area (Å²) in [5.41, 5.74) is 2.07. The topological polar surface area (TPSA) is 24.9 Å². The van der Waals surface area contributed by atoms with E-state index >= 15 is 0 Å².